The Kier molecular flexibility index (Phi) is 2.75. The van der Waals surface area contributed by atoms with Gasteiger partial charge in [0.15, 0.2) is 0 Å². The molecule has 1 aromatic rings. The molecule has 1 aromatic carbocycles. The zero-order chi connectivity index (χ0) is 10.9. The van der Waals surface area contributed by atoms with Gasteiger partial charge in [-0.25, -0.2) is 8.78 Å². The van der Waals surface area contributed by atoms with Crippen LogP contribution in [0.1, 0.15) is 11.6 Å². The summed E-state index contributed by atoms with van der Waals surface area (Å²) in [7, 11) is 0. The fourth-order valence-corrected chi connectivity index (χ4v) is 0.944. The van der Waals surface area contributed by atoms with Crippen LogP contribution in [0, 0.1) is 11.6 Å². The van der Waals surface area contributed by atoms with Gasteiger partial charge < -0.3 is 5.73 Å². The van der Waals surface area contributed by atoms with Crippen LogP contribution in [0.3, 0.4) is 0 Å². The minimum Gasteiger partial charge on any atom is -0.316 e. The van der Waals surface area contributed by atoms with E-state index in [1.165, 1.54) is 0 Å². The average Bonchev–Trinajstić information content (AvgIpc) is 1.99. The van der Waals surface area contributed by atoms with Crippen LogP contribution in [0.4, 0.5) is 22.0 Å². The summed E-state index contributed by atoms with van der Waals surface area (Å²) in [5.41, 5.74) is 4.12. The molecule has 0 unspecified atom stereocenters. The molecule has 0 saturated heterocycles. The number of hydrogen-bond donors (Lipinski definition) is 1. The van der Waals surface area contributed by atoms with Crippen molar-refractivity contribution in [1.82, 2.24) is 0 Å². The highest BCUT2D eigenvalue weighted by Crippen LogP contribution is 2.30. The van der Waals surface area contributed by atoms with E-state index < -0.39 is 29.4 Å². The van der Waals surface area contributed by atoms with E-state index in [-0.39, 0.29) is 0 Å². The van der Waals surface area contributed by atoms with Crippen LogP contribution in [0.15, 0.2) is 18.2 Å². The summed E-state index contributed by atoms with van der Waals surface area (Å²) < 4.78 is 61.1. The molecule has 0 bridgehead atoms. The van der Waals surface area contributed by atoms with Crippen molar-refractivity contribution >= 4 is 0 Å². The molecule has 0 aliphatic rings. The second-order valence-corrected chi connectivity index (χ2v) is 2.72. The van der Waals surface area contributed by atoms with Gasteiger partial charge >= 0.3 is 6.18 Å². The third-order valence-corrected chi connectivity index (χ3v) is 1.60. The zero-order valence-corrected chi connectivity index (χ0v) is 6.78. The number of hydrogen-bond acceptors (Lipinski definition) is 1. The number of rotatable bonds is 1. The summed E-state index contributed by atoms with van der Waals surface area (Å²) in [5.74, 6) is -2.17. The van der Waals surface area contributed by atoms with Crippen LogP contribution in [-0.4, -0.2) is 6.18 Å². The van der Waals surface area contributed by atoms with E-state index in [4.69, 9.17) is 5.73 Å². The van der Waals surface area contributed by atoms with Crippen molar-refractivity contribution in [2.75, 3.05) is 0 Å². The average molecular weight is 211 g/mol. The lowest BCUT2D eigenvalue weighted by atomic mass is 10.1. The van der Waals surface area contributed by atoms with Gasteiger partial charge in [-0.3, -0.25) is 0 Å². The van der Waals surface area contributed by atoms with E-state index in [0.29, 0.717) is 18.2 Å². The normalized spacial score (nSPS) is 14.1. The highest BCUT2D eigenvalue weighted by Gasteiger charge is 2.38. The maximum absolute atomic E-state index is 12.5. The number of halogens is 5. The van der Waals surface area contributed by atoms with Gasteiger partial charge in [0.25, 0.3) is 0 Å². The zero-order valence-electron chi connectivity index (χ0n) is 6.78. The number of benzene rings is 1. The molecule has 0 saturated carbocycles. The van der Waals surface area contributed by atoms with Gasteiger partial charge in [0.1, 0.15) is 17.7 Å². The first kappa shape index (κ1) is 10.9. The molecule has 1 rings (SSSR count). The van der Waals surface area contributed by atoms with Crippen molar-refractivity contribution in [3.63, 3.8) is 0 Å². The Morgan fingerprint density at radius 2 is 1.43 bits per heavy atom. The summed E-state index contributed by atoms with van der Waals surface area (Å²) in [4.78, 5) is 0. The molecule has 78 valence electrons. The third kappa shape index (κ3) is 2.41. The minimum atomic E-state index is -4.71. The first-order valence-corrected chi connectivity index (χ1v) is 3.59. The lowest BCUT2D eigenvalue weighted by Gasteiger charge is -2.15. The van der Waals surface area contributed by atoms with E-state index in [1.54, 1.807) is 0 Å². The van der Waals surface area contributed by atoms with E-state index >= 15 is 0 Å². The molecule has 0 spiro atoms. The molecule has 14 heavy (non-hydrogen) atoms. The highest BCUT2D eigenvalue weighted by atomic mass is 19.4. The lowest BCUT2D eigenvalue weighted by molar-refractivity contribution is -0.149. The van der Waals surface area contributed by atoms with Crippen LogP contribution in [0.2, 0.25) is 0 Å². The van der Waals surface area contributed by atoms with Gasteiger partial charge in [0, 0.05) is 6.07 Å². The van der Waals surface area contributed by atoms with Gasteiger partial charge in [-0.1, -0.05) is 0 Å². The molecule has 2 N–H and O–H groups in total. The number of nitrogens with two attached hydrogens (primary N) is 1. The summed E-state index contributed by atoms with van der Waals surface area (Å²) >= 11 is 0. The second kappa shape index (κ2) is 3.53. The van der Waals surface area contributed by atoms with E-state index in [1.807, 2.05) is 0 Å². The van der Waals surface area contributed by atoms with Gasteiger partial charge in [-0.15, -0.1) is 0 Å². The standard InChI is InChI=1S/C8H6F5N/c9-5-1-4(2-6(10)3-5)7(14)8(11,12)13/h1-3,7H,14H2/t7-/m0/s1. The van der Waals surface area contributed by atoms with Gasteiger partial charge in [-0.05, 0) is 17.7 Å². The predicted octanol–water partition coefficient (Wildman–Crippen LogP) is 2.53. The van der Waals surface area contributed by atoms with Crippen LogP contribution < -0.4 is 5.73 Å². The second-order valence-electron chi connectivity index (χ2n) is 2.72. The summed E-state index contributed by atoms with van der Waals surface area (Å²) in [6.07, 6.45) is -4.71. The maximum atomic E-state index is 12.5. The molecule has 0 aromatic heterocycles. The molecular weight excluding hydrogens is 205 g/mol. The summed E-state index contributed by atoms with van der Waals surface area (Å²) in [5, 5.41) is 0. The van der Waals surface area contributed by atoms with Crippen LogP contribution in [0.5, 0.6) is 0 Å². The van der Waals surface area contributed by atoms with E-state index in [0.717, 1.165) is 0 Å². The molecule has 1 atom stereocenters. The summed E-state index contributed by atoms with van der Waals surface area (Å²) in [6.45, 7) is 0. The van der Waals surface area contributed by atoms with Crippen molar-refractivity contribution in [1.29, 1.82) is 0 Å². The van der Waals surface area contributed by atoms with Gasteiger partial charge in [0.2, 0.25) is 0 Å². The van der Waals surface area contributed by atoms with Crippen molar-refractivity contribution in [2.24, 2.45) is 5.73 Å². The summed E-state index contributed by atoms with van der Waals surface area (Å²) in [6, 6.07) is -0.776. The van der Waals surface area contributed by atoms with Crippen molar-refractivity contribution in [3.05, 3.63) is 35.4 Å². The molecule has 0 aliphatic carbocycles. The molecule has 0 fully saturated rings. The van der Waals surface area contributed by atoms with Gasteiger partial charge in [-0.2, -0.15) is 13.2 Å². The van der Waals surface area contributed by atoms with Gasteiger partial charge in [0.05, 0.1) is 0 Å². The van der Waals surface area contributed by atoms with E-state index in [2.05, 4.69) is 0 Å². The Labute approximate surface area is 76.3 Å². The molecule has 0 aliphatic heterocycles. The molecule has 0 heterocycles. The first-order chi connectivity index (χ1) is 6.30. The highest BCUT2D eigenvalue weighted by molar-refractivity contribution is 5.22. The smallest absolute Gasteiger partial charge is 0.316 e. The Hall–Kier alpha value is -1.17. The topological polar surface area (TPSA) is 26.0 Å². The largest absolute Gasteiger partial charge is 0.407 e. The fraction of sp³-hybridized carbons (Fsp3) is 0.250. The molecule has 0 radical (unpaired) electrons. The van der Waals surface area contributed by atoms with Crippen LogP contribution >= 0.6 is 0 Å². The maximum Gasteiger partial charge on any atom is 0.407 e. The predicted molar refractivity (Wildman–Crippen MR) is 39.3 cm³/mol. The Bertz CT molecular complexity index is 313. The fourth-order valence-electron chi connectivity index (χ4n) is 0.944. The Morgan fingerprint density at radius 3 is 1.79 bits per heavy atom. The van der Waals surface area contributed by atoms with Crippen molar-refractivity contribution in [2.45, 2.75) is 12.2 Å². The van der Waals surface area contributed by atoms with Crippen LogP contribution in [-0.2, 0) is 0 Å². The molecule has 6 heteroatoms. The minimum absolute atomic E-state index is 0.479. The third-order valence-electron chi connectivity index (χ3n) is 1.60. The molecule has 1 nitrogen and oxygen atoms in total. The van der Waals surface area contributed by atoms with Crippen molar-refractivity contribution < 1.29 is 22.0 Å². The SMILES string of the molecule is N[C@@H](c1cc(F)cc(F)c1)C(F)(F)F. The lowest BCUT2D eigenvalue weighted by Crippen LogP contribution is -2.28. The van der Waals surface area contributed by atoms with E-state index in [9.17, 15) is 22.0 Å². The first-order valence-electron chi connectivity index (χ1n) is 3.59. The number of alkyl halides is 3. The van der Waals surface area contributed by atoms with Crippen LogP contribution in [0.25, 0.3) is 0 Å². The monoisotopic (exact) mass is 211 g/mol. The molecular formula is C8H6F5N. The molecule has 0 amide bonds. The quantitative estimate of drug-likeness (QED) is 0.709. The Balaban J connectivity index is 3.07. The van der Waals surface area contributed by atoms with Crippen molar-refractivity contribution in [3.8, 4) is 0 Å². The Morgan fingerprint density at radius 1 is 1.00 bits per heavy atom.